The van der Waals surface area contributed by atoms with Crippen molar-refractivity contribution in [2.75, 3.05) is 10.6 Å². The fraction of sp³-hybridized carbons (Fsp3) is 0.0714. The van der Waals surface area contributed by atoms with Crippen LogP contribution in [0.1, 0.15) is 15.9 Å². The molecule has 19 heavy (non-hydrogen) atoms. The van der Waals surface area contributed by atoms with Crippen LogP contribution in [0.5, 0.6) is 0 Å². The molecule has 2 aromatic rings. The predicted molar refractivity (Wildman–Crippen MR) is 71.0 cm³/mol. The zero-order valence-electron chi connectivity index (χ0n) is 10.0. The molecular weight excluding hydrogens is 242 g/mol. The molecule has 0 bridgehead atoms. The number of pyridine rings is 1. The Labute approximate surface area is 109 Å². The average molecular weight is 253 g/mol. The van der Waals surface area contributed by atoms with Crippen molar-refractivity contribution in [1.82, 2.24) is 4.98 Å². The van der Waals surface area contributed by atoms with Crippen molar-refractivity contribution in [3.05, 3.63) is 53.9 Å². The van der Waals surface area contributed by atoms with E-state index in [9.17, 15) is 9.59 Å². The van der Waals surface area contributed by atoms with Crippen LogP contribution in [0.4, 0.5) is 11.4 Å². The first-order valence-electron chi connectivity index (χ1n) is 5.86. The van der Waals surface area contributed by atoms with Crippen LogP contribution in [0.2, 0.25) is 0 Å². The van der Waals surface area contributed by atoms with Gasteiger partial charge in [0, 0.05) is 17.4 Å². The Kier molecular flexibility index (Phi) is 2.72. The fourth-order valence-electron chi connectivity index (χ4n) is 2.01. The highest BCUT2D eigenvalue weighted by Crippen LogP contribution is 2.24. The van der Waals surface area contributed by atoms with E-state index in [2.05, 4.69) is 15.6 Å². The summed E-state index contributed by atoms with van der Waals surface area (Å²) in [5.41, 5.74) is 2.80. The monoisotopic (exact) mass is 253 g/mol. The van der Waals surface area contributed by atoms with Gasteiger partial charge in [-0.05, 0) is 35.9 Å². The number of anilines is 2. The number of benzene rings is 1. The molecular formula is C14H11N3O2. The van der Waals surface area contributed by atoms with Gasteiger partial charge in [0.1, 0.15) is 0 Å². The van der Waals surface area contributed by atoms with Gasteiger partial charge in [0.05, 0.1) is 18.3 Å². The summed E-state index contributed by atoms with van der Waals surface area (Å²) < 4.78 is 0. The molecule has 2 heterocycles. The summed E-state index contributed by atoms with van der Waals surface area (Å²) in [7, 11) is 0. The zero-order valence-corrected chi connectivity index (χ0v) is 10.0. The van der Waals surface area contributed by atoms with Crippen LogP contribution < -0.4 is 10.6 Å². The van der Waals surface area contributed by atoms with Crippen LogP contribution in [0.15, 0.2) is 42.7 Å². The van der Waals surface area contributed by atoms with Crippen molar-refractivity contribution in [1.29, 1.82) is 0 Å². The van der Waals surface area contributed by atoms with Crippen molar-refractivity contribution in [3.63, 3.8) is 0 Å². The van der Waals surface area contributed by atoms with Gasteiger partial charge in [-0.15, -0.1) is 0 Å². The Hall–Kier alpha value is -2.69. The van der Waals surface area contributed by atoms with Crippen LogP contribution in [0, 0.1) is 0 Å². The van der Waals surface area contributed by atoms with Crippen LogP contribution in [-0.4, -0.2) is 16.8 Å². The first kappa shape index (κ1) is 11.4. The molecule has 5 nitrogen and oxygen atoms in total. The highest BCUT2D eigenvalue weighted by atomic mass is 16.2. The normalized spacial score (nSPS) is 12.7. The van der Waals surface area contributed by atoms with E-state index >= 15 is 0 Å². The molecule has 2 N–H and O–H groups in total. The summed E-state index contributed by atoms with van der Waals surface area (Å²) in [6, 6.07) is 8.69. The van der Waals surface area contributed by atoms with Gasteiger partial charge >= 0.3 is 0 Å². The van der Waals surface area contributed by atoms with Crippen molar-refractivity contribution < 1.29 is 9.59 Å². The molecule has 3 rings (SSSR count). The van der Waals surface area contributed by atoms with Gasteiger partial charge in [0.15, 0.2) is 0 Å². The Morgan fingerprint density at radius 2 is 2.21 bits per heavy atom. The van der Waals surface area contributed by atoms with E-state index in [0.29, 0.717) is 17.7 Å². The molecule has 1 aromatic heterocycles. The Morgan fingerprint density at radius 3 is 3.00 bits per heavy atom. The van der Waals surface area contributed by atoms with Crippen LogP contribution >= 0.6 is 0 Å². The number of hydrogen-bond donors (Lipinski definition) is 2. The second-order valence-electron chi connectivity index (χ2n) is 4.29. The topological polar surface area (TPSA) is 71.1 Å². The summed E-state index contributed by atoms with van der Waals surface area (Å²) in [4.78, 5) is 27.2. The van der Waals surface area contributed by atoms with Gasteiger partial charge in [-0.3, -0.25) is 14.6 Å². The SMILES string of the molecule is O=C1Cc2cc(C(=O)Nc3cccnc3)ccc2N1. The van der Waals surface area contributed by atoms with Crippen LogP contribution in [0.3, 0.4) is 0 Å². The lowest BCUT2D eigenvalue weighted by Crippen LogP contribution is -2.12. The molecule has 94 valence electrons. The van der Waals surface area contributed by atoms with Gasteiger partial charge in [-0.25, -0.2) is 0 Å². The second kappa shape index (κ2) is 4.53. The van der Waals surface area contributed by atoms with E-state index in [-0.39, 0.29) is 11.8 Å². The number of carbonyl (C=O) groups is 2. The third-order valence-corrected chi connectivity index (χ3v) is 2.91. The Bertz CT molecular complexity index is 653. The van der Waals surface area contributed by atoms with Crippen molar-refractivity contribution >= 4 is 23.2 Å². The van der Waals surface area contributed by atoms with Gasteiger partial charge in [0.25, 0.3) is 5.91 Å². The standard InChI is InChI=1S/C14H11N3O2/c18-13-7-10-6-9(3-4-12(10)17-13)14(19)16-11-2-1-5-15-8-11/h1-6,8H,7H2,(H,16,19)(H,17,18). The number of aromatic nitrogens is 1. The van der Waals surface area contributed by atoms with Gasteiger partial charge < -0.3 is 10.6 Å². The predicted octanol–water partition coefficient (Wildman–Crippen LogP) is 1.83. The third kappa shape index (κ3) is 2.30. The quantitative estimate of drug-likeness (QED) is 0.857. The smallest absolute Gasteiger partial charge is 0.255 e. The number of nitrogens with one attached hydrogen (secondary N) is 2. The summed E-state index contributed by atoms with van der Waals surface area (Å²) in [6.45, 7) is 0. The molecule has 0 fully saturated rings. The van der Waals surface area contributed by atoms with E-state index < -0.39 is 0 Å². The molecule has 0 unspecified atom stereocenters. The van der Waals surface area contributed by atoms with Crippen LogP contribution in [0.25, 0.3) is 0 Å². The summed E-state index contributed by atoms with van der Waals surface area (Å²) in [6.07, 6.45) is 3.54. The molecule has 0 saturated carbocycles. The Balaban J connectivity index is 1.82. The molecule has 0 atom stereocenters. The summed E-state index contributed by atoms with van der Waals surface area (Å²) in [5, 5.41) is 5.49. The second-order valence-corrected chi connectivity index (χ2v) is 4.29. The van der Waals surface area contributed by atoms with Gasteiger partial charge in [-0.1, -0.05) is 0 Å². The van der Waals surface area contributed by atoms with Gasteiger partial charge in [-0.2, -0.15) is 0 Å². The van der Waals surface area contributed by atoms with E-state index in [1.54, 1.807) is 42.7 Å². The highest BCUT2D eigenvalue weighted by molar-refractivity contribution is 6.06. The maximum Gasteiger partial charge on any atom is 0.255 e. The third-order valence-electron chi connectivity index (χ3n) is 2.91. The number of carbonyl (C=O) groups excluding carboxylic acids is 2. The molecule has 1 aliphatic rings. The van der Waals surface area contributed by atoms with Crippen molar-refractivity contribution in [2.45, 2.75) is 6.42 Å². The molecule has 0 spiro atoms. The number of amides is 2. The van der Waals surface area contributed by atoms with E-state index in [1.807, 2.05) is 0 Å². The largest absolute Gasteiger partial charge is 0.326 e. The molecule has 0 aliphatic carbocycles. The van der Waals surface area contributed by atoms with Gasteiger partial charge in [0.2, 0.25) is 5.91 Å². The van der Waals surface area contributed by atoms with E-state index in [0.717, 1.165) is 11.3 Å². The summed E-state index contributed by atoms with van der Waals surface area (Å²) >= 11 is 0. The van der Waals surface area contributed by atoms with E-state index in [1.165, 1.54) is 0 Å². The maximum absolute atomic E-state index is 12.1. The van der Waals surface area contributed by atoms with Crippen molar-refractivity contribution in [2.24, 2.45) is 0 Å². The fourth-order valence-corrected chi connectivity index (χ4v) is 2.01. The lowest BCUT2D eigenvalue weighted by atomic mass is 10.1. The maximum atomic E-state index is 12.1. The van der Waals surface area contributed by atoms with E-state index in [4.69, 9.17) is 0 Å². The molecule has 2 amide bonds. The highest BCUT2D eigenvalue weighted by Gasteiger charge is 2.19. The first-order chi connectivity index (χ1) is 9.22. The number of rotatable bonds is 2. The number of nitrogens with zero attached hydrogens (tertiary/aromatic N) is 1. The zero-order chi connectivity index (χ0) is 13.2. The molecule has 5 heteroatoms. The first-order valence-corrected chi connectivity index (χ1v) is 5.86. The number of fused-ring (bicyclic) bond motifs is 1. The Morgan fingerprint density at radius 1 is 1.32 bits per heavy atom. The number of hydrogen-bond acceptors (Lipinski definition) is 3. The molecule has 1 aromatic carbocycles. The lowest BCUT2D eigenvalue weighted by Gasteiger charge is -2.06. The summed E-state index contributed by atoms with van der Waals surface area (Å²) in [5.74, 6) is -0.255. The van der Waals surface area contributed by atoms with Crippen LogP contribution in [-0.2, 0) is 11.2 Å². The molecule has 1 aliphatic heterocycles. The minimum absolute atomic E-state index is 0.0418. The molecule has 0 saturated heterocycles. The average Bonchev–Trinajstić information content (AvgIpc) is 2.78. The molecule has 0 radical (unpaired) electrons. The minimum Gasteiger partial charge on any atom is -0.326 e. The van der Waals surface area contributed by atoms with Crippen molar-refractivity contribution in [3.8, 4) is 0 Å². The minimum atomic E-state index is -0.213. The lowest BCUT2D eigenvalue weighted by molar-refractivity contribution is -0.115.